The van der Waals surface area contributed by atoms with Crippen molar-refractivity contribution < 1.29 is 5.11 Å². The molecule has 1 aromatic heterocycles. The average Bonchev–Trinajstić information content (AvgIpc) is 2.36. The fraction of sp³-hybridized carbons (Fsp3) is 0.500. The molecule has 1 nitrogen and oxygen atoms in total. The largest absolute Gasteiger partial charge is 0.388 e. The minimum absolute atomic E-state index is 0.322. The Kier molecular flexibility index (Phi) is 3.37. The monoisotopic (exact) mass is 190 g/mol. The molecule has 1 heterocycles. The van der Waals surface area contributed by atoms with Gasteiger partial charge in [-0.1, -0.05) is 24.9 Å². The zero-order valence-corrected chi connectivity index (χ0v) is 7.95. The Balaban J connectivity index is 2.60. The Hall–Kier alpha value is -0.0500. The van der Waals surface area contributed by atoms with Crippen molar-refractivity contribution in [3.8, 4) is 0 Å². The highest BCUT2D eigenvalue weighted by Gasteiger charge is 2.07. The molecule has 1 rings (SSSR count). The van der Waals surface area contributed by atoms with Crippen LogP contribution in [0.1, 0.15) is 30.7 Å². The molecule has 1 aromatic rings. The molecule has 0 saturated carbocycles. The van der Waals surface area contributed by atoms with Gasteiger partial charge in [-0.25, -0.2) is 0 Å². The molecule has 0 unspecified atom stereocenters. The second-order valence-corrected chi connectivity index (χ2v) is 4.19. The number of hydrogen-bond acceptors (Lipinski definition) is 2. The van der Waals surface area contributed by atoms with Crippen LogP contribution in [0.2, 0.25) is 4.34 Å². The van der Waals surface area contributed by atoms with Crippen molar-refractivity contribution in [1.29, 1.82) is 0 Å². The zero-order chi connectivity index (χ0) is 8.27. The molecular formula is C8H11ClOS. The van der Waals surface area contributed by atoms with E-state index in [1.165, 1.54) is 11.3 Å². The maximum atomic E-state index is 9.49. The second kappa shape index (κ2) is 4.10. The number of aliphatic hydroxyl groups is 1. The lowest BCUT2D eigenvalue weighted by atomic mass is 10.2. The molecule has 0 aliphatic carbocycles. The van der Waals surface area contributed by atoms with Crippen LogP contribution in [0.15, 0.2) is 12.1 Å². The van der Waals surface area contributed by atoms with E-state index >= 15 is 0 Å². The molecular weight excluding hydrogens is 180 g/mol. The third kappa shape index (κ3) is 2.47. The Morgan fingerprint density at radius 3 is 2.82 bits per heavy atom. The minimum Gasteiger partial charge on any atom is -0.388 e. The van der Waals surface area contributed by atoms with Crippen LogP contribution in [0.5, 0.6) is 0 Å². The van der Waals surface area contributed by atoms with Gasteiger partial charge in [0.1, 0.15) is 0 Å². The summed E-state index contributed by atoms with van der Waals surface area (Å²) in [5, 5.41) is 9.49. The minimum atomic E-state index is -0.322. The summed E-state index contributed by atoms with van der Waals surface area (Å²) >= 11 is 7.16. The lowest BCUT2D eigenvalue weighted by molar-refractivity contribution is 0.170. The third-order valence-corrected chi connectivity index (χ3v) is 2.82. The molecule has 0 bridgehead atoms. The van der Waals surface area contributed by atoms with Crippen molar-refractivity contribution >= 4 is 22.9 Å². The standard InChI is InChI=1S/C8H11ClOS/c1-2-3-6(10)7-4-5-8(9)11-7/h4-6,10H,2-3H2,1H3/t6-/m1/s1. The predicted molar refractivity (Wildman–Crippen MR) is 49.2 cm³/mol. The van der Waals surface area contributed by atoms with Crippen molar-refractivity contribution in [2.24, 2.45) is 0 Å². The average molecular weight is 191 g/mol. The topological polar surface area (TPSA) is 20.2 Å². The van der Waals surface area contributed by atoms with Crippen molar-refractivity contribution in [2.45, 2.75) is 25.9 Å². The van der Waals surface area contributed by atoms with Gasteiger partial charge in [-0.05, 0) is 18.6 Å². The maximum absolute atomic E-state index is 9.49. The normalized spacial score (nSPS) is 13.4. The van der Waals surface area contributed by atoms with Gasteiger partial charge < -0.3 is 5.11 Å². The lowest BCUT2D eigenvalue weighted by Gasteiger charge is -2.04. The molecule has 1 N–H and O–H groups in total. The summed E-state index contributed by atoms with van der Waals surface area (Å²) in [7, 11) is 0. The number of aliphatic hydroxyl groups excluding tert-OH is 1. The molecule has 0 radical (unpaired) electrons. The van der Waals surface area contributed by atoms with Crippen molar-refractivity contribution in [1.82, 2.24) is 0 Å². The van der Waals surface area contributed by atoms with Gasteiger partial charge in [0.15, 0.2) is 0 Å². The second-order valence-electron chi connectivity index (χ2n) is 2.45. The van der Waals surface area contributed by atoms with Crippen LogP contribution in [-0.4, -0.2) is 5.11 Å². The van der Waals surface area contributed by atoms with Crippen molar-refractivity contribution in [3.05, 3.63) is 21.3 Å². The SMILES string of the molecule is CCC[C@@H](O)c1ccc(Cl)s1. The maximum Gasteiger partial charge on any atom is 0.0932 e. The first-order chi connectivity index (χ1) is 5.24. The van der Waals surface area contributed by atoms with E-state index in [0.717, 1.165) is 22.1 Å². The van der Waals surface area contributed by atoms with Crippen LogP contribution < -0.4 is 0 Å². The van der Waals surface area contributed by atoms with E-state index in [4.69, 9.17) is 11.6 Å². The zero-order valence-electron chi connectivity index (χ0n) is 6.38. The highest BCUT2D eigenvalue weighted by molar-refractivity contribution is 7.16. The van der Waals surface area contributed by atoms with Gasteiger partial charge in [-0.2, -0.15) is 0 Å². The molecule has 3 heteroatoms. The molecule has 0 aromatic carbocycles. The smallest absolute Gasteiger partial charge is 0.0932 e. The van der Waals surface area contributed by atoms with Gasteiger partial charge in [-0.15, -0.1) is 11.3 Å². The highest BCUT2D eigenvalue weighted by atomic mass is 35.5. The first-order valence-electron chi connectivity index (χ1n) is 3.67. The van der Waals surface area contributed by atoms with E-state index in [0.29, 0.717) is 0 Å². The third-order valence-electron chi connectivity index (χ3n) is 1.48. The Morgan fingerprint density at radius 1 is 1.64 bits per heavy atom. The molecule has 11 heavy (non-hydrogen) atoms. The summed E-state index contributed by atoms with van der Waals surface area (Å²) in [5.41, 5.74) is 0. The molecule has 0 amide bonds. The van der Waals surface area contributed by atoms with Crippen LogP contribution in [0.25, 0.3) is 0 Å². The summed E-state index contributed by atoms with van der Waals surface area (Å²) in [6, 6.07) is 3.70. The summed E-state index contributed by atoms with van der Waals surface area (Å²) < 4.78 is 0.746. The summed E-state index contributed by atoms with van der Waals surface area (Å²) in [6.07, 6.45) is 1.49. The van der Waals surface area contributed by atoms with Crippen molar-refractivity contribution in [3.63, 3.8) is 0 Å². The quantitative estimate of drug-likeness (QED) is 0.776. The number of thiophene rings is 1. The van der Waals surface area contributed by atoms with Gasteiger partial charge >= 0.3 is 0 Å². The summed E-state index contributed by atoms with van der Waals surface area (Å²) in [5.74, 6) is 0. The first kappa shape index (κ1) is 9.04. The lowest BCUT2D eigenvalue weighted by Crippen LogP contribution is -1.91. The van der Waals surface area contributed by atoms with Gasteiger partial charge in [-0.3, -0.25) is 0 Å². The van der Waals surface area contributed by atoms with E-state index in [2.05, 4.69) is 6.92 Å². The first-order valence-corrected chi connectivity index (χ1v) is 4.86. The molecule has 0 fully saturated rings. The van der Waals surface area contributed by atoms with E-state index in [1.807, 2.05) is 12.1 Å². The van der Waals surface area contributed by atoms with Crippen LogP contribution in [0.4, 0.5) is 0 Å². The van der Waals surface area contributed by atoms with Crippen molar-refractivity contribution in [2.75, 3.05) is 0 Å². The molecule has 0 aliphatic rings. The van der Waals surface area contributed by atoms with E-state index < -0.39 is 0 Å². The Morgan fingerprint density at radius 2 is 2.36 bits per heavy atom. The van der Waals surface area contributed by atoms with Gasteiger partial charge in [0.2, 0.25) is 0 Å². The van der Waals surface area contributed by atoms with Crippen LogP contribution in [0, 0.1) is 0 Å². The van der Waals surface area contributed by atoms with E-state index in [1.54, 1.807) is 0 Å². The Bertz CT molecular complexity index is 222. The number of rotatable bonds is 3. The fourth-order valence-corrected chi connectivity index (χ4v) is 2.00. The molecule has 1 atom stereocenters. The van der Waals surface area contributed by atoms with Gasteiger partial charge in [0, 0.05) is 4.88 Å². The van der Waals surface area contributed by atoms with Gasteiger partial charge in [0.25, 0.3) is 0 Å². The van der Waals surface area contributed by atoms with E-state index in [-0.39, 0.29) is 6.10 Å². The van der Waals surface area contributed by atoms with Gasteiger partial charge in [0.05, 0.1) is 10.4 Å². The summed E-state index contributed by atoms with van der Waals surface area (Å²) in [4.78, 5) is 0.969. The Labute approximate surface area is 75.6 Å². The fourth-order valence-electron chi connectivity index (χ4n) is 0.923. The highest BCUT2D eigenvalue weighted by Crippen LogP contribution is 2.28. The van der Waals surface area contributed by atoms with Crippen LogP contribution in [-0.2, 0) is 0 Å². The molecule has 0 saturated heterocycles. The van der Waals surface area contributed by atoms with Crippen LogP contribution in [0.3, 0.4) is 0 Å². The summed E-state index contributed by atoms with van der Waals surface area (Å²) in [6.45, 7) is 2.05. The number of hydrogen-bond donors (Lipinski definition) is 1. The van der Waals surface area contributed by atoms with Crippen LogP contribution >= 0.6 is 22.9 Å². The van der Waals surface area contributed by atoms with E-state index in [9.17, 15) is 5.11 Å². The molecule has 0 aliphatic heterocycles. The predicted octanol–water partition coefficient (Wildman–Crippen LogP) is 3.24. The number of halogens is 1. The molecule has 0 spiro atoms. The molecule has 62 valence electrons.